The average molecular weight is 238 g/mol. The molecule has 1 heterocycles. The zero-order valence-corrected chi connectivity index (χ0v) is 9.82. The van der Waals surface area contributed by atoms with E-state index in [4.69, 9.17) is 22.1 Å². The van der Waals surface area contributed by atoms with Gasteiger partial charge in [-0.25, -0.2) is 0 Å². The van der Waals surface area contributed by atoms with E-state index in [1.807, 2.05) is 6.07 Å². The highest BCUT2D eigenvalue weighted by molar-refractivity contribution is 6.30. The molecule has 1 aromatic heterocycles. The fraction of sp³-hybridized carbons (Fsp3) is 0.182. The van der Waals surface area contributed by atoms with Gasteiger partial charge in [-0.15, -0.1) is 0 Å². The minimum atomic E-state index is 0.604. The largest absolute Gasteiger partial charge is 0.496 e. The van der Waals surface area contributed by atoms with E-state index in [0.29, 0.717) is 16.6 Å². The van der Waals surface area contributed by atoms with Crippen molar-refractivity contribution < 1.29 is 4.74 Å². The third-order valence-electron chi connectivity index (χ3n) is 2.36. The molecule has 0 radical (unpaired) electrons. The van der Waals surface area contributed by atoms with Crippen LogP contribution in [0.3, 0.4) is 0 Å². The normalized spacial score (nSPS) is 10.4. The molecule has 0 bridgehead atoms. The van der Waals surface area contributed by atoms with Crippen molar-refractivity contribution in [3.05, 3.63) is 29.3 Å². The first-order chi connectivity index (χ1) is 7.61. The smallest absolute Gasteiger partial charge is 0.129 e. The Balaban J connectivity index is 2.55. The molecule has 84 valence electrons. The summed E-state index contributed by atoms with van der Waals surface area (Å²) in [7, 11) is 3.39. The fourth-order valence-electron chi connectivity index (χ4n) is 1.49. The summed E-state index contributed by atoms with van der Waals surface area (Å²) in [6, 6.07) is 7.21. The van der Waals surface area contributed by atoms with E-state index in [0.717, 1.165) is 11.3 Å². The van der Waals surface area contributed by atoms with Crippen molar-refractivity contribution in [1.82, 2.24) is 9.78 Å². The number of hydrogen-bond donors (Lipinski definition) is 1. The summed E-state index contributed by atoms with van der Waals surface area (Å²) in [6.45, 7) is 0. The van der Waals surface area contributed by atoms with E-state index in [-0.39, 0.29) is 0 Å². The van der Waals surface area contributed by atoms with Crippen molar-refractivity contribution >= 4 is 17.4 Å². The van der Waals surface area contributed by atoms with Crippen LogP contribution in [0.2, 0.25) is 5.02 Å². The molecule has 5 heteroatoms. The number of halogens is 1. The van der Waals surface area contributed by atoms with Crippen LogP contribution < -0.4 is 10.5 Å². The second-order valence-corrected chi connectivity index (χ2v) is 3.86. The maximum absolute atomic E-state index is 5.89. The van der Waals surface area contributed by atoms with E-state index in [1.54, 1.807) is 37.0 Å². The highest BCUT2D eigenvalue weighted by Crippen LogP contribution is 2.32. The quantitative estimate of drug-likeness (QED) is 0.872. The molecule has 0 fully saturated rings. The third-order valence-corrected chi connectivity index (χ3v) is 2.59. The van der Waals surface area contributed by atoms with Crippen LogP contribution in [-0.4, -0.2) is 16.9 Å². The number of ether oxygens (including phenoxy) is 1. The van der Waals surface area contributed by atoms with Crippen LogP contribution in [0.5, 0.6) is 5.75 Å². The van der Waals surface area contributed by atoms with Gasteiger partial charge in [0.2, 0.25) is 0 Å². The molecule has 0 aliphatic rings. The van der Waals surface area contributed by atoms with Crippen LogP contribution in [-0.2, 0) is 7.05 Å². The Hall–Kier alpha value is -1.68. The summed E-state index contributed by atoms with van der Waals surface area (Å²) < 4.78 is 6.87. The van der Waals surface area contributed by atoms with Gasteiger partial charge in [-0.1, -0.05) is 11.6 Å². The van der Waals surface area contributed by atoms with Crippen LogP contribution in [0, 0.1) is 0 Å². The van der Waals surface area contributed by atoms with Crippen LogP contribution in [0.25, 0.3) is 11.3 Å². The van der Waals surface area contributed by atoms with Gasteiger partial charge in [-0.3, -0.25) is 4.68 Å². The molecule has 0 saturated carbocycles. The van der Waals surface area contributed by atoms with Crippen molar-refractivity contribution in [1.29, 1.82) is 0 Å². The first-order valence-electron chi connectivity index (χ1n) is 4.75. The first kappa shape index (κ1) is 10.8. The van der Waals surface area contributed by atoms with E-state index < -0.39 is 0 Å². The highest BCUT2D eigenvalue weighted by atomic mass is 35.5. The fourth-order valence-corrected chi connectivity index (χ4v) is 1.65. The van der Waals surface area contributed by atoms with Gasteiger partial charge in [0.25, 0.3) is 0 Å². The second-order valence-electron chi connectivity index (χ2n) is 3.42. The summed E-state index contributed by atoms with van der Waals surface area (Å²) in [5, 5.41) is 4.92. The summed E-state index contributed by atoms with van der Waals surface area (Å²) in [4.78, 5) is 0. The van der Waals surface area contributed by atoms with Gasteiger partial charge < -0.3 is 10.5 Å². The van der Waals surface area contributed by atoms with Crippen molar-refractivity contribution in [2.45, 2.75) is 0 Å². The molecule has 1 aromatic carbocycles. The number of hydrogen-bond acceptors (Lipinski definition) is 3. The number of rotatable bonds is 2. The predicted molar refractivity (Wildman–Crippen MR) is 64.6 cm³/mol. The Bertz CT molecular complexity index is 502. The van der Waals surface area contributed by atoms with E-state index in [1.165, 1.54) is 0 Å². The lowest BCUT2D eigenvalue weighted by Crippen LogP contribution is -1.96. The number of aryl methyl sites for hydroxylation is 1. The molecule has 16 heavy (non-hydrogen) atoms. The van der Waals surface area contributed by atoms with Gasteiger partial charge in [-0.2, -0.15) is 5.10 Å². The van der Waals surface area contributed by atoms with Gasteiger partial charge in [-0.05, 0) is 18.2 Å². The molecular formula is C11H12ClN3O. The average Bonchev–Trinajstić information content (AvgIpc) is 2.59. The Labute approximate surface area is 98.6 Å². The number of benzene rings is 1. The molecule has 4 nitrogen and oxygen atoms in total. The van der Waals surface area contributed by atoms with Crippen molar-refractivity contribution in [2.24, 2.45) is 7.05 Å². The van der Waals surface area contributed by atoms with Crippen molar-refractivity contribution in [3.63, 3.8) is 0 Å². The lowest BCUT2D eigenvalue weighted by Gasteiger charge is -2.05. The molecular weight excluding hydrogens is 226 g/mol. The molecule has 0 saturated heterocycles. The van der Waals surface area contributed by atoms with Crippen LogP contribution >= 0.6 is 11.6 Å². The first-order valence-corrected chi connectivity index (χ1v) is 5.13. The maximum Gasteiger partial charge on any atom is 0.129 e. The standard InChI is InChI=1S/C11H12ClN3O/c1-15-11(13)6-9(14-15)8-4-3-7(12)5-10(8)16-2/h3-6H,13H2,1-2H3. The van der Waals surface area contributed by atoms with Crippen molar-refractivity contribution in [2.75, 3.05) is 12.8 Å². The molecule has 0 atom stereocenters. The van der Waals surface area contributed by atoms with E-state index in [9.17, 15) is 0 Å². The van der Waals surface area contributed by atoms with Crippen LogP contribution in [0.1, 0.15) is 0 Å². The lowest BCUT2D eigenvalue weighted by atomic mass is 10.1. The molecule has 0 aliphatic carbocycles. The number of anilines is 1. The van der Waals surface area contributed by atoms with Gasteiger partial charge in [0.05, 0.1) is 12.8 Å². The number of methoxy groups -OCH3 is 1. The zero-order valence-electron chi connectivity index (χ0n) is 9.07. The van der Waals surface area contributed by atoms with Gasteiger partial charge in [0.1, 0.15) is 11.6 Å². The molecule has 0 spiro atoms. The maximum atomic E-state index is 5.89. The summed E-state index contributed by atoms with van der Waals surface area (Å²) in [6.07, 6.45) is 0. The monoisotopic (exact) mass is 237 g/mol. The lowest BCUT2D eigenvalue weighted by molar-refractivity contribution is 0.416. The Morgan fingerprint density at radius 3 is 2.69 bits per heavy atom. The molecule has 0 amide bonds. The number of aromatic nitrogens is 2. The Kier molecular flexibility index (Phi) is 2.75. The highest BCUT2D eigenvalue weighted by Gasteiger charge is 2.10. The van der Waals surface area contributed by atoms with E-state index >= 15 is 0 Å². The molecule has 2 N–H and O–H groups in total. The Morgan fingerprint density at radius 2 is 2.12 bits per heavy atom. The second kappa shape index (κ2) is 4.06. The summed E-state index contributed by atoms with van der Waals surface area (Å²) in [5.41, 5.74) is 7.38. The molecule has 0 aliphatic heterocycles. The minimum Gasteiger partial charge on any atom is -0.496 e. The summed E-state index contributed by atoms with van der Waals surface area (Å²) in [5.74, 6) is 1.29. The van der Waals surface area contributed by atoms with Gasteiger partial charge in [0, 0.05) is 23.7 Å². The van der Waals surface area contributed by atoms with Gasteiger partial charge in [0.15, 0.2) is 0 Å². The van der Waals surface area contributed by atoms with Gasteiger partial charge >= 0.3 is 0 Å². The minimum absolute atomic E-state index is 0.604. The third kappa shape index (κ3) is 1.84. The summed E-state index contributed by atoms with van der Waals surface area (Å²) >= 11 is 5.89. The van der Waals surface area contributed by atoms with Crippen LogP contribution in [0.4, 0.5) is 5.82 Å². The van der Waals surface area contributed by atoms with Crippen molar-refractivity contribution in [3.8, 4) is 17.0 Å². The number of nitrogens with zero attached hydrogens (tertiary/aromatic N) is 2. The number of nitrogens with two attached hydrogens (primary N) is 1. The topological polar surface area (TPSA) is 53.1 Å². The SMILES string of the molecule is COc1cc(Cl)ccc1-c1cc(N)n(C)n1. The molecule has 2 rings (SSSR count). The van der Waals surface area contributed by atoms with E-state index in [2.05, 4.69) is 5.10 Å². The van der Waals surface area contributed by atoms with Crippen LogP contribution in [0.15, 0.2) is 24.3 Å². The zero-order chi connectivity index (χ0) is 11.7. The Morgan fingerprint density at radius 1 is 1.38 bits per heavy atom. The molecule has 0 unspecified atom stereocenters. The number of nitrogen functional groups attached to an aromatic ring is 1. The molecule has 2 aromatic rings. The predicted octanol–water partition coefficient (Wildman–Crippen LogP) is 2.33.